The van der Waals surface area contributed by atoms with Crippen LogP contribution >= 0.6 is 12.2 Å². The first-order valence-electron chi connectivity index (χ1n) is 10.0. The first-order chi connectivity index (χ1) is 13.9. The first kappa shape index (κ1) is 25.0. The Morgan fingerprint density at radius 1 is 1.13 bits per heavy atom. The van der Waals surface area contributed by atoms with Gasteiger partial charge in [0.25, 0.3) is 0 Å². The van der Waals surface area contributed by atoms with Gasteiger partial charge in [-0.3, -0.25) is 0 Å². The molecule has 0 radical (unpaired) electrons. The van der Waals surface area contributed by atoms with Crippen LogP contribution in [0.1, 0.15) is 50.8 Å². The van der Waals surface area contributed by atoms with E-state index in [1.54, 1.807) is 12.1 Å². The summed E-state index contributed by atoms with van der Waals surface area (Å²) in [5.74, 6) is -0.238. The van der Waals surface area contributed by atoms with Crippen LogP contribution in [0.4, 0.5) is 4.39 Å². The van der Waals surface area contributed by atoms with Crippen molar-refractivity contribution in [2.24, 2.45) is 5.92 Å². The van der Waals surface area contributed by atoms with E-state index in [1.165, 1.54) is 17.2 Å². The van der Waals surface area contributed by atoms with Gasteiger partial charge in [-0.15, -0.1) is 0 Å². The Kier molecular flexibility index (Phi) is 8.67. The average Bonchev–Trinajstić information content (AvgIpc) is 2.65. The van der Waals surface area contributed by atoms with Crippen LogP contribution in [-0.4, -0.2) is 34.3 Å². The van der Waals surface area contributed by atoms with Gasteiger partial charge in [0.15, 0.2) is 0 Å². The molecule has 0 spiro atoms. The van der Waals surface area contributed by atoms with E-state index in [1.807, 2.05) is 0 Å². The molecule has 2 aromatic carbocycles. The van der Waals surface area contributed by atoms with Crippen molar-refractivity contribution < 1.29 is 12.8 Å². The van der Waals surface area contributed by atoms with Gasteiger partial charge in [0.05, 0.1) is 0 Å². The summed E-state index contributed by atoms with van der Waals surface area (Å²) in [5, 5.41) is 3.26. The molecule has 0 saturated heterocycles. The molecule has 164 valence electrons. The molecule has 0 bridgehead atoms. The van der Waals surface area contributed by atoms with E-state index in [2.05, 4.69) is 57.3 Å². The van der Waals surface area contributed by atoms with Crippen LogP contribution in [0.5, 0.6) is 0 Å². The van der Waals surface area contributed by atoms with Gasteiger partial charge >= 0.3 is 160 Å². The Morgan fingerprint density at radius 2 is 1.73 bits per heavy atom. The number of hydrogen-bond acceptors (Lipinski definition) is 3. The summed E-state index contributed by atoms with van der Waals surface area (Å²) in [6.45, 7) is 9.15. The zero-order valence-corrected chi connectivity index (χ0v) is 22.0. The molecule has 2 unspecified atom stereocenters. The Balaban J connectivity index is 1.98. The topological polar surface area (TPSA) is 46.2 Å². The molecule has 0 aromatic heterocycles. The zero-order chi connectivity index (χ0) is 22.5. The van der Waals surface area contributed by atoms with Crippen molar-refractivity contribution in [1.29, 1.82) is 0 Å². The van der Waals surface area contributed by atoms with Gasteiger partial charge in [-0.2, -0.15) is 0 Å². The van der Waals surface area contributed by atoms with Crippen LogP contribution in [0.3, 0.4) is 0 Å². The van der Waals surface area contributed by atoms with Crippen LogP contribution in [0.25, 0.3) is 0 Å². The molecule has 0 amide bonds. The van der Waals surface area contributed by atoms with Crippen LogP contribution in [0.15, 0.2) is 42.5 Å². The van der Waals surface area contributed by atoms with Crippen LogP contribution in [0.2, 0.25) is 0 Å². The third kappa shape index (κ3) is 7.79. The molecule has 0 heterocycles. The minimum absolute atomic E-state index is 0.133. The van der Waals surface area contributed by atoms with Crippen LogP contribution < -0.4 is 9.67 Å². The maximum atomic E-state index is 14.2. The molecule has 30 heavy (non-hydrogen) atoms. The van der Waals surface area contributed by atoms with Crippen molar-refractivity contribution in [3.05, 3.63) is 65.0 Å². The number of benzene rings is 2. The maximum absolute atomic E-state index is 14.2. The number of hydrogen-bond donors (Lipinski definition) is 1. The number of thiocarbonyl (C=S) groups is 1. The summed E-state index contributed by atoms with van der Waals surface area (Å²) >= 11 is 4.09. The van der Waals surface area contributed by atoms with Crippen molar-refractivity contribution in [2.75, 3.05) is 6.26 Å². The second-order valence-corrected chi connectivity index (χ2v) is 17.9. The standard InChI is InChI=1S/C23H31AsFNO2S2/c1-6-18(13-16-7-10-19(11-8-16)23(2,3)4)22(29)26-15-17-9-12-20(21(25)14-17)24-30(5,27)28/h7-12,14,18,24H,6,13,15H2,1-5H3,(H,26,29). The van der Waals surface area contributed by atoms with Crippen molar-refractivity contribution in [1.82, 2.24) is 5.32 Å². The number of rotatable bonds is 8. The second kappa shape index (κ2) is 10.4. The quantitative estimate of drug-likeness (QED) is 0.432. The number of halogens is 1. The van der Waals surface area contributed by atoms with Crippen LogP contribution in [-0.2, 0) is 26.5 Å². The van der Waals surface area contributed by atoms with E-state index >= 15 is 0 Å². The SMILES string of the molecule is CCC(Cc1ccc(C(C)(C)C)cc1)C(=S)NCc1ccc([AsH]S(C)(=O)=O)c(F)c1. The van der Waals surface area contributed by atoms with E-state index in [-0.39, 0.29) is 11.3 Å². The number of nitrogens with one attached hydrogen (secondary N) is 1. The Morgan fingerprint density at radius 3 is 2.23 bits per heavy atom. The summed E-state index contributed by atoms with van der Waals surface area (Å²) in [7, 11) is -3.15. The fraction of sp³-hybridized carbons (Fsp3) is 0.435. The van der Waals surface area contributed by atoms with E-state index in [0.29, 0.717) is 10.9 Å². The zero-order valence-electron chi connectivity index (χ0n) is 18.3. The fourth-order valence-corrected chi connectivity index (χ4v) is 7.90. The summed E-state index contributed by atoms with van der Waals surface area (Å²) in [6.07, 6.45) is 2.93. The molecule has 2 atom stereocenters. The summed E-state index contributed by atoms with van der Waals surface area (Å²) in [5.41, 5.74) is 3.44. The van der Waals surface area contributed by atoms with Gasteiger partial charge < -0.3 is 0 Å². The normalized spacial score (nSPS) is 13.5. The summed E-state index contributed by atoms with van der Waals surface area (Å²) in [4.78, 5) is 0.770. The molecule has 0 aliphatic rings. The molecule has 7 heteroatoms. The van der Waals surface area contributed by atoms with E-state index in [0.717, 1.165) is 29.6 Å². The van der Waals surface area contributed by atoms with Gasteiger partial charge in [0.2, 0.25) is 0 Å². The van der Waals surface area contributed by atoms with Crippen LogP contribution in [0, 0.1) is 11.7 Å². The molecule has 0 aliphatic heterocycles. The first-order valence-corrected chi connectivity index (χ1v) is 15.9. The van der Waals surface area contributed by atoms with Crippen molar-refractivity contribution in [3.8, 4) is 0 Å². The molecule has 0 aliphatic carbocycles. The second-order valence-electron chi connectivity index (χ2n) is 8.66. The van der Waals surface area contributed by atoms with Gasteiger partial charge in [0.1, 0.15) is 0 Å². The molecule has 0 fully saturated rings. The predicted molar refractivity (Wildman–Crippen MR) is 130 cm³/mol. The average molecular weight is 512 g/mol. The minimum atomic E-state index is -3.15. The molecular weight excluding hydrogens is 480 g/mol. The van der Waals surface area contributed by atoms with Crippen molar-refractivity contribution >= 4 is 44.3 Å². The molecular formula is C23H31AsFNO2S2. The van der Waals surface area contributed by atoms with Crippen molar-refractivity contribution in [3.63, 3.8) is 0 Å². The molecule has 0 saturated carbocycles. The molecule has 3 nitrogen and oxygen atoms in total. The third-order valence-corrected chi connectivity index (χ3v) is 10.6. The van der Waals surface area contributed by atoms with E-state index < -0.39 is 28.5 Å². The Labute approximate surface area is 191 Å². The predicted octanol–water partition coefficient (Wildman–Crippen LogP) is 3.83. The third-order valence-electron chi connectivity index (χ3n) is 4.96. The van der Waals surface area contributed by atoms with E-state index in [4.69, 9.17) is 12.2 Å². The monoisotopic (exact) mass is 511 g/mol. The Hall–Kier alpha value is -1.23. The van der Waals surface area contributed by atoms with Gasteiger partial charge in [0, 0.05) is 0 Å². The molecule has 2 aromatic rings. The fourth-order valence-electron chi connectivity index (χ4n) is 3.13. The van der Waals surface area contributed by atoms with Crippen molar-refractivity contribution in [2.45, 2.75) is 52.5 Å². The Bertz CT molecular complexity index is 983. The summed E-state index contributed by atoms with van der Waals surface area (Å²) in [6, 6.07) is 13.5. The van der Waals surface area contributed by atoms with E-state index in [9.17, 15) is 12.8 Å². The molecule has 1 N–H and O–H groups in total. The van der Waals surface area contributed by atoms with Gasteiger partial charge in [-0.1, -0.05) is 20.8 Å². The molecule has 2 rings (SSSR count). The van der Waals surface area contributed by atoms with Gasteiger partial charge in [-0.25, -0.2) is 0 Å². The van der Waals surface area contributed by atoms with Gasteiger partial charge in [-0.05, 0) is 11.0 Å². The summed E-state index contributed by atoms with van der Waals surface area (Å²) < 4.78 is 37.4.